The highest BCUT2D eigenvalue weighted by molar-refractivity contribution is 9.10. The number of nitrogens with zero attached hydrogens (tertiary/aromatic N) is 1. The Bertz CT molecular complexity index is 476. The average molecular weight is 327 g/mol. The molecule has 0 N–H and O–H groups in total. The minimum Gasteiger partial charge on any atom is -0.243 e. The van der Waals surface area contributed by atoms with Gasteiger partial charge in [-0.25, -0.2) is 13.4 Å². The van der Waals surface area contributed by atoms with E-state index in [-0.39, 0.29) is 5.03 Å². The summed E-state index contributed by atoms with van der Waals surface area (Å²) in [5.41, 5.74) is 0.913. The Morgan fingerprint density at radius 2 is 2.19 bits per heavy atom. The number of sulfone groups is 1. The Morgan fingerprint density at radius 3 is 2.69 bits per heavy atom. The van der Waals surface area contributed by atoms with Crippen molar-refractivity contribution in [1.29, 1.82) is 0 Å². The van der Waals surface area contributed by atoms with Gasteiger partial charge in [0.1, 0.15) is 0 Å². The lowest BCUT2D eigenvalue weighted by molar-refractivity contribution is 0.576. The molecule has 0 aliphatic carbocycles. The van der Waals surface area contributed by atoms with Gasteiger partial charge in [-0.15, -0.1) is 11.6 Å². The average Bonchev–Trinajstić information content (AvgIpc) is 2.17. The van der Waals surface area contributed by atoms with Crippen LogP contribution in [0.15, 0.2) is 21.8 Å². The molecule has 0 saturated heterocycles. The van der Waals surface area contributed by atoms with E-state index in [1.54, 1.807) is 19.2 Å². The summed E-state index contributed by atoms with van der Waals surface area (Å²) in [7, 11) is -3.39. The zero-order valence-corrected chi connectivity index (χ0v) is 12.2. The minimum absolute atomic E-state index is 0.0933. The van der Waals surface area contributed by atoms with E-state index >= 15 is 0 Å². The van der Waals surface area contributed by atoms with Crippen LogP contribution in [-0.4, -0.2) is 24.5 Å². The van der Waals surface area contributed by atoms with Crippen molar-refractivity contribution < 1.29 is 8.42 Å². The lowest BCUT2D eigenvalue weighted by Gasteiger charge is -2.12. The molecule has 1 heterocycles. The summed E-state index contributed by atoms with van der Waals surface area (Å²) in [4.78, 5) is 3.97. The second-order valence-corrected chi connectivity index (χ2v) is 7.15. The van der Waals surface area contributed by atoms with Gasteiger partial charge in [-0.1, -0.05) is 0 Å². The van der Waals surface area contributed by atoms with Gasteiger partial charge in [0.15, 0.2) is 14.9 Å². The summed E-state index contributed by atoms with van der Waals surface area (Å²) in [5, 5.41) is -0.424. The number of aryl methyl sites for hydroxylation is 1. The van der Waals surface area contributed by atoms with Crippen LogP contribution in [0, 0.1) is 6.92 Å². The van der Waals surface area contributed by atoms with Crippen molar-refractivity contribution in [3.63, 3.8) is 0 Å². The van der Waals surface area contributed by atoms with Crippen LogP contribution < -0.4 is 0 Å². The van der Waals surface area contributed by atoms with Crippen LogP contribution in [0.25, 0.3) is 0 Å². The number of pyridine rings is 1. The first kappa shape index (κ1) is 13.9. The molecule has 0 amide bonds. The number of halogens is 2. The van der Waals surface area contributed by atoms with Gasteiger partial charge in [-0.05, 0) is 47.8 Å². The molecule has 0 spiro atoms. The van der Waals surface area contributed by atoms with E-state index in [9.17, 15) is 8.42 Å². The van der Waals surface area contributed by atoms with E-state index in [4.69, 9.17) is 11.6 Å². The highest BCUT2D eigenvalue weighted by Gasteiger charge is 2.26. The maximum Gasteiger partial charge on any atom is 0.199 e. The monoisotopic (exact) mass is 325 g/mol. The van der Waals surface area contributed by atoms with Crippen molar-refractivity contribution in [2.24, 2.45) is 0 Å². The van der Waals surface area contributed by atoms with Crippen LogP contribution in [0.4, 0.5) is 0 Å². The lowest BCUT2D eigenvalue weighted by atomic mass is 10.3. The largest absolute Gasteiger partial charge is 0.243 e. The summed E-state index contributed by atoms with van der Waals surface area (Å²) in [6, 6.07) is 1.74. The van der Waals surface area contributed by atoms with Gasteiger partial charge in [0.25, 0.3) is 0 Å². The third kappa shape index (κ3) is 2.96. The van der Waals surface area contributed by atoms with Crippen molar-refractivity contribution in [3.8, 4) is 0 Å². The molecule has 1 aromatic heterocycles. The second-order valence-electron chi connectivity index (χ2n) is 3.63. The van der Waals surface area contributed by atoms with Crippen LogP contribution in [0.5, 0.6) is 0 Å². The van der Waals surface area contributed by atoms with E-state index in [1.165, 1.54) is 0 Å². The predicted octanol–water partition coefficient (Wildman–Crippen LogP) is 2.94. The van der Waals surface area contributed by atoms with E-state index in [2.05, 4.69) is 20.9 Å². The van der Waals surface area contributed by atoms with Crippen LogP contribution in [0.3, 0.4) is 0 Å². The first-order valence-corrected chi connectivity index (χ1v) is 7.69. The first-order valence-electron chi connectivity index (χ1n) is 4.81. The molecule has 1 rings (SSSR count). The summed E-state index contributed by atoms with van der Waals surface area (Å²) in [6.45, 7) is 3.50. The van der Waals surface area contributed by atoms with Crippen molar-refractivity contribution >= 4 is 37.4 Å². The standard InChI is InChI=1S/C10H13BrClNO2S/c1-7-5-9(11)10(13-6-7)16(14,15)8(2)3-4-12/h5-6,8H,3-4H2,1-2H3. The van der Waals surface area contributed by atoms with Crippen molar-refractivity contribution in [2.45, 2.75) is 30.5 Å². The zero-order valence-electron chi connectivity index (χ0n) is 9.07. The van der Waals surface area contributed by atoms with Gasteiger partial charge in [-0.2, -0.15) is 0 Å². The minimum atomic E-state index is -3.39. The molecule has 3 nitrogen and oxygen atoms in total. The molecule has 6 heteroatoms. The molecule has 1 atom stereocenters. The first-order chi connectivity index (χ1) is 7.39. The van der Waals surface area contributed by atoms with Gasteiger partial charge >= 0.3 is 0 Å². The predicted molar refractivity (Wildman–Crippen MR) is 68.7 cm³/mol. The fourth-order valence-corrected chi connectivity index (χ4v) is 4.17. The molecule has 0 aliphatic rings. The lowest BCUT2D eigenvalue weighted by Crippen LogP contribution is -2.20. The number of hydrogen-bond donors (Lipinski definition) is 0. The fourth-order valence-electron chi connectivity index (χ4n) is 1.23. The van der Waals surface area contributed by atoms with Crippen LogP contribution >= 0.6 is 27.5 Å². The number of alkyl halides is 1. The highest BCUT2D eigenvalue weighted by Crippen LogP contribution is 2.25. The Morgan fingerprint density at radius 1 is 1.56 bits per heavy atom. The summed E-state index contributed by atoms with van der Waals surface area (Å²) < 4.78 is 24.7. The Labute approximate surface area is 109 Å². The molecule has 16 heavy (non-hydrogen) atoms. The molecular weight excluding hydrogens is 314 g/mol. The number of rotatable bonds is 4. The Hall–Kier alpha value is -0.130. The molecule has 0 bridgehead atoms. The fraction of sp³-hybridized carbons (Fsp3) is 0.500. The van der Waals surface area contributed by atoms with Gasteiger partial charge in [0.2, 0.25) is 0 Å². The third-order valence-electron chi connectivity index (χ3n) is 2.26. The number of aromatic nitrogens is 1. The smallest absolute Gasteiger partial charge is 0.199 e. The second kappa shape index (κ2) is 5.47. The molecular formula is C10H13BrClNO2S. The van der Waals surface area contributed by atoms with Crippen LogP contribution in [0.1, 0.15) is 18.9 Å². The van der Waals surface area contributed by atoms with Gasteiger partial charge in [0.05, 0.1) is 9.72 Å². The van der Waals surface area contributed by atoms with Gasteiger partial charge < -0.3 is 0 Å². The van der Waals surface area contributed by atoms with Crippen LogP contribution in [0.2, 0.25) is 0 Å². The highest BCUT2D eigenvalue weighted by atomic mass is 79.9. The number of hydrogen-bond acceptors (Lipinski definition) is 3. The zero-order chi connectivity index (χ0) is 12.3. The van der Waals surface area contributed by atoms with Gasteiger partial charge in [0, 0.05) is 12.1 Å². The van der Waals surface area contributed by atoms with Crippen molar-refractivity contribution in [2.75, 3.05) is 5.88 Å². The normalized spacial score (nSPS) is 13.8. The SMILES string of the molecule is Cc1cnc(S(=O)(=O)C(C)CCCl)c(Br)c1. The molecule has 0 aliphatic heterocycles. The Balaban J connectivity index is 3.17. The Kier molecular flexibility index (Phi) is 4.76. The third-order valence-corrected chi connectivity index (χ3v) is 5.50. The van der Waals surface area contributed by atoms with Gasteiger partial charge in [-0.3, -0.25) is 0 Å². The summed E-state index contributed by atoms with van der Waals surface area (Å²) in [5.74, 6) is 0.323. The molecule has 0 radical (unpaired) electrons. The molecule has 1 unspecified atom stereocenters. The van der Waals surface area contributed by atoms with E-state index < -0.39 is 15.1 Å². The molecule has 0 aromatic carbocycles. The summed E-state index contributed by atoms with van der Waals surface area (Å²) >= 11 is 8.79. The quantitative estimate of drug-likeness (QED) is 0.799. The molecule has 1 aromatic rings. The van der Waals surface area contributed by atoms with E-state index in [0.717, 1.165) is 5.56 Å². The maximum atomic E-state index is 12.1. The topological polar surface area (TPSA) is 47.0 Å². The van der Waals surface area contributed by atoms with E-state index in [0.29, 0.717) is 16.8 Å². The summed E-state index contributed by atoms with van der Waals surface area (Å²) in [6.07, 6.45) is 1.97. The van der Waals surface area contributed by atoms with Crippen LogP contribution in [-0.2, 0) is 9.84 Å². The molecule has 0 fully saturated rings. The van der Waals surface area contributed by atoms with Crippen molar-refractivity contribution in [1.82, 2.24) is 4.98 Å². The molecule has 90 valence electrons. The van der Waals surface area contributed by atoms with Crippen molar-refractivity contribution in [3.05, 3.63) is 22.3 Å². The maximum absolute atomic E-state index is 12.1. The van der Waals surface area contributed by atoms with E-state index in [1.807, 2.05) is 6.92 Å². The molecule has 0 saturated carbocycles.